The summed E-state index contributed by atoms with van der Waals surface area (Å²) >= 11 is 0. The highest BCUT2D eigenvalue weighted by molar-refractivity contribution is 7.92. The van der Waals surface area contributed by atoms with Crippen LogP contribution >= 0.6 is 0 Å². The van der Waals surface area contributed by atoms with Gasteiger partial charge in [-0.1, -0.05) is 25.1 Å². The van der Waals surface area contributed by atoms with Crippen molar-refractivity contribution in [3.05, 3.63) is 59.7 Å². The average molecular weight is 388 g/mol. The molecule has 7 nitrogen and oxygen atoms in total. The molecule has 0 atom stereocenters. The van der Waals surface area contributed by atoms with Crippen molar-refractivity contribution in [3.8, 4) is 5.75 Å². The first kappa shape index (κ1) is 18.9. The molecule has 2 amide bonds. The Balaban J connectivity index is 1.60. The van der Waals surface area contributed by atoms with E-state index in [2.05, 4.69) is 4.72 Å². The lowest BCUT2D eigenvalue weighted by atomic mass is 10.1. The summed E-state index contributed by atoms with van der Waals surface area (Å²) in [7, 11) is -3.38. The van der Waals surface area contributed by atoms with E-state index in [0.717, 1.165) is 4.90 Å². The molecule has 0 bridgehead atoms. The molecule has 0 aromatic heterocycles. The number of carbonyl (C=O) groups excluding carboxylic acids is 2. The topological polar surface area (TPSA) is 92.8 Å². The van der Waals surface area contributed by atoms with Gasteiger partial charge < -0.3 is 4.74 Å². The number of benzene rings is 2. The van der Waals surface area contributed by atoms with Crippen LogP contribution in [0, 0.1) is 0 Å². The van der Waals surface area contributed by atoms with E-state index < -0.39 is 10.0 Å². The third-order valence-electron chi connectivity index (χ3n) is 4.04. The first-order chi connectivity index (χ1) is 12.9. The average Bonchev–Trinajstić information content (AvgIpc) is 2.87. The molecular weight excluding hydrogens is 368 g/mol. The minimum Gasteiger partial charge on any atom is -0.492 e. The molecule has 1 heterocycles. The zero-order valence-electron chi connectivity index (χ0n) is 14.8. The third-order valence-corrected chi connectivity index (χ3v) is 5.53. The molecule has 27 heavy (non-hydrogen) atoms. The summed E-state index contributed by atoms with van der Waals surface area (Å²) in [5.74, 6) is -0.179. The van der Waals surface area contributed by atoms with Gasteiger partial charge in [-0.2, -0.15) is 0 Å². The van der Waals surface area contributed by atoms with Crippen LogP contribution in [0.1, 0.15) is 34.1 Å². The lowest BCUT2D eigenvalue weighted by molar-refractivity contribution is 0.0631. The first-order valence-electron chi connectivity index (χ1n) is 8.60. The summed E-state index contributed by atoms with van der Waals surface area (Å²) in [6, 6.07) is 13.2. The largest absolute Gasteiger partial charge is 0.492 e. The van der Waals surface area contributed by atoms with Crippen LogP contribution in [-0.2, 0) is 10.0 Å². The van der Waals surface area contributed by atoms with Crippen LogP contribution in [0.4, 0.5) is 5.69 Å². The molecule has 1 N–H and O–H groups in total. The molecule has 0 unspecified atom stereocenters. The van der Waals surface area contributed by atoms with Crippen LogP contribution in [0.25, 0.3) is 0 Å². The van der Waals surface area contributed by atoms with Gasteiger partial charge in [0, 0.05) is 6.07 Å². The van der Waals surface area contributed by atoms with E-state index in [1.165, 1.54) is 0 Å². The van der Waals surface area contributed by atoms with Crippen LogP contribution in [0.15, 0.2) is 48.5 Å². The summed E-state index contributed by atoms with van der Waals surface area (Å²) in [6.07, 6.45) is 0.520. The Hall–Kier alpha value is -2.87. The number of rotatable bonds is 8. The number of imide groups is 1. The van der Waals surface area contributed by atoms with E-state index in [0.29, 0.717) is 29.0 Å². The number of ether oxygens (including phenoxy) is 1. The molecule has 0 saturated carbocycles. The lowest BCUT2D eigenvalue weighted by Gasteiger charge is -2.15. The molecule has 0 fully saturated rings. The third kappa shape index (κ3) is 4.28. The van der Waals surface area contributed by atoms with Crippen LogP contribution in [-0.4, -0.2) is 44.0 Å². The highest BCUT2D eigenvalue weighted by atomic mass is 32.2. The van der Waals surface area contributed by atoms with E-state index in [1.54, 1.807) is 55.5 Å². The fourth-order valence-electron chi connectivity index (χ4n) is 2.85. The van der Waals surface area contributed by atoms with E-state index in [1.807, 2.05) is 0 Å². The molecule has 1 aliphatic heterocycles. The van der Waals surface area contributed by atoms with Gasteiger partial charge in [0.1, 0.15) is 12.4 Å². The van der Waals surface area contributed by atoms with Crippen molar-refractivity contribution in [2.45, 2.75) is 13.3 Å². The van der Waals surface area contributed by atoms with Crippen molar-refractivity contribution in [1.82, 2.24) is 4.90 Å². The van der Waals surface area contributed by atoms with Gasteiger partial charge in [0.15, 0.2) is 0 Å². The van der Waals surface area contributed by atoms with Crippen molar-refractivity contribution in [3.63, 3.8) is 0 Å². The Bertz CT molecular complexity index is 937. The van der Waals surface area contributed by atoms with E-state index in [9.17, 15) is 18.0 Å². The molecule has 2 aromatic carbocycles. The maximum atomic E-state index is 12.3. The monoisotopic (exact) mass is 388 g/mol. The quantitative estimate of drug-likeness (QED) is 0.702. The van der Waals surface area contributed by atoms with E-state index in [4.69, 9.17) is 4.74 Å². The lowest BCUT2D eigenvalue weighted by Crippen LogP contribution is -2.33. The highest BCUT2D eigenvalue weighted by Gasteiger charge is 2.34. The van der Waals surface area contributed by atoms with Gasteiger partial charge >= 0.3 is 0 Å². The zero-order chi connectivity index (χ0) is 19.4. The van der Waals surface area contributed by atoms with E-state index >= 15 is 0 Å². The standard InChI is InChI=1S/C19H20N2O5S/c1-2-12-27(24,25)20-14-6-5-7-15(13-14)26-11-10-21-18(22)16-8-3-4-9-17(16)19(21)23/h3-9,13,20H,2,10-12H2,1H3. The molecule has 0 spiro atoms. The number of hydrogen-bond acceptors (Lipinski definition) is 5. The number of carbonyl (C=O) groups is 2. The van der Waals surface area contributed by atoms with Crippen molar-refractivity contribution in [2.24, 2.45) is 0 Å². The second-order valence-electron chi connectivity index (χ2n) is 6.10. The molecule has 142 valence electrons. The number of fused-ring (bicyclic) bond motifs is 1. The number of nitrogens with zero attached hydrogens (tertiary/aromatic N) is 1. The van der Waals surface area contributed by atoms with Gasteiger partial charge in [-0.25, -0.2) is 8.42 Å². The van der Waals surface area contributed by atoms with Gasteiger partial charge in [0.25, 0.3) is 11.8 Å². The number of anilines is 1. The predicted octanol–water partition coefficient (Wildman–Crippen LogP) is 2.51. The Labute approximate surface area is 158 Å². The smallest absolute Gasteiger partial charge is 0.261 e. The number of nitrogens with one attached hydrogen (secondary N) is 1. The summed E-state index contributed by atoms with van der Waals surface area (Å²) < 4.78 is 31.8. The Kier molecular flexibility index (Phi) is 5.46. The molecule has 0 radical (unpaired) electrons. The van der Waals surface area contributed by atoms with Crippen LogP contribution in [0.5, 0.6) is 5.75 Å². The Morgan fingerprint density at radius 1 is 1.00 bits per heavy atom. The maximum absolute atomic E-state index is 12.3. The van der Waals surface area contributed by atoms with Crippen molar-refractivity contribution in [1.29, 1.82) is 0 Å². The normalized spacial score (nSPS) is 13.6. The molecule has 1 aliphatic rings. The highest BCUT2D eigenvalue weighted by Crippen LogP contribution is 2.23. The Morgan fingerprint density at radius 3 is 2.30 bits per heavy atom. The molecular formula is C19H20N2O5S. The number of sulfonamides is 1. The molecule has 0 saturated heterocycles. The number of amides is 2. The maximum Gasteiger partial charge on any atom is 0.261 e. The minimum atomic E-state index is -3.38. The fraction of sp³-hybridized carbons (Fsp3) is 0.263. The van der Waals surface area contributed by atoms with Gasteiger partial charge in [0.2, 0.25) is 10.0 Å². The summed E-state index contributed by atoms with van der Waals surface area (Å²) in [5.41, 5.74) is 1.20. The van der Waals surface area contributed by atoms with Gasteiger partial charge in [-0.3, -0.25) is 19.2 Å². The summed E-state index contributed by atoms with van der Waals surface area (Å²) in [5, 5.41) is 0. The van der Waals surface area contributed by atoms with Crippen LogP contribution in [0.3, 0.4) is 0 Å². The van der Waals surface area contributed by atoms with Gasteiger partial charge in [-0.05, 0) is 30.7 Å². The Morgan fingerprint density at radius 2 is 1.67 bits per heavy atom. The number of hydrogen-bond donors (Lipinski definition) is 1. The molecule has 8 heteroatoms. The second kappa shape index (κ2) is 7.79. The molecule has 0 aliphatic carbocycles. The summed E-state index contributed by atoms with van der Waals surface area (Å²) in [6.45, 7) is 2.01. The second-order valence-corrected chi connectivity index (χ2v) is 7.95. The minimum absolute atomic E-state index is 0.0395. The SMILES string of the molecule is CCCS(=O)(=O)Nc1cccc(OCCN2C(=O)c3ccccc3C2=O)c1. The zero-order valence-corrected chi connectivity index (χ0v) is 15.7. The van der Waals surface area contributed by atoms with Crippen molar-refractivity contribution >= 4 is 27.5 Å². The van der Waals surface area contributed by atoms with E-state index in [-0.39, 0.29) is 30.7 Å². The van der Waals surface area contributed by atoms with Crippen molar-refractivity contribution in [2.75, 3.05) is 23.6 Å². The van der Waals surface area contributed by atoms with Crippen LogP contribution in [0.2, 0.25) is 0 Å². The fourth-order valence-corrected chi connectivity index (χ4v) is 3.97. The molecule has 3 rings (SSSR count). The summed E-state index contributed by atoms with van der Waals surface area (Å²) in [4.78, 5) is 25.7. The molecule has 2 aromatic rings. The van der Waals surface area contributed by atoms with Crippen molar-refractivity contribution < 1.29 is 22.7 Å². The van der Waals surface area contributed by atoms with Crippen LogP contribution < -0.4 is 9.46 Å². The predicted molar refractivity (Wildman–Crippen MR) is 101 cm³/mol. The van der Waals surface area contributed by atoms with Gasteiger partial charge in [-0.15, -0.1) is 0 Å². The first-order valence-corrected chi connectivity index (χ1v) is 10.2. The van der Waals surface area contributed by atoms with Gasteiger partial charge in [0.05, 0.1) is 29.1 Å².